The van der Waals surface area contributed by atoms with Crippen molar-refractivity contribution in [3.63, 3.8) is 0 Å². The molecule has 1 aliphatic carbocycles. The van der Waals surface area contributed by atoms with Crippen molar-refractivity contribution in [2.75, 3.05) is 42.6 Å². The second-order valence-electron chi connectivity index (χ2n) is 8.55. The molecule has 2 aliphatic heterocycles. The Hall–Kier alpha value is -2.75. The van der Waals surface area contributed by atoms with E-state index >= 15 is 0 Å². The smallest absolute Gasteiger partial charge is 0.277 e. The van der Waals surface area contributed by atoms with Crippen LogP contribution in [0.4, 0.5) is 10.8 Å². The molecule has 0 bridgehead atoms. The van der Waals surface area contributed by atoms with Crippen molar-refractivity contribution in [1.82, 2.24) is 10.3 Å². The summed E-state index contributed by atoms with van der Waals surface area (Å²) in [7, 11) is 0. The van der Waals surface area contributed by atoms with Gasteiger partial charge in [-0.3, -0.25) is 9.59 Å². The lowest BCUT2D eigenvalue weighted by atomic mass is 10.1. The molecule has 2 amide bonds. The number of rotatable bonds is 4. The first-order valence-corrected chi connectivity index (χ1v) is 13.0. The van der Waals surface area contributed by atoms with Gasteiger partial charge in [-0.1, -0.05) is 18.2 Å². The van der Waals surface area contributed by atoms with Gasteiger partial charge in [0.15, 0.2) is 5.13 Å². The van der Waals surface area contributed by atoms with Crippen LogP contribution in [0.5, 0.6) is 0 Å². The molecule has 7 nitrogen and oxygen atoms in total. The quantitative estimate of drug-likeness (QED) is 0.615. The van der Waals surface area contributed by atoms with E-state index in [1.807, 2.05) is 40.6 Å². The number of nitrogens with one attached hydrogen (secondary N) is 1. The van der Waals surface area contributed by atoms with Crippen LogP contribution in [-0.4, -0.2) is 55.7 Å². The van der Waals surface area contributed by atoms with E-state index in [1.54, 1.807) is 0 Å². The number of para-hydroxylation sites is 1. The third kappa shape index (κ3) is 4.05. The predicted octanol–water partition coefficient (Wildman–Crippen LogP) is 3.80. The number of aromatic nitrogens is 1. The Bertz CT molecular complexity index is 1210. The molecule has 0 atom stereocenters. The number of anilines is 2. The highest BCUT2D eigenvalue weighted by Crippen LogP contribution is 2.42. The van der Waals surface area contributed by atoms with Crippen LogP contribution in [0, 0.1) is 0 Å². The molecule has 1 aromatic carbocycles. The molecule has 1 N–H and O–H groups in total. The summed E-state index contributed by atoms with van der Waals surface area (Å²) in [6.07, 6.45) is 2.84. The zero-order valence-corrected chi connectivity index (χ0v) is 19.7. The topological polar surface area (TPSA) is 74.8 Å². The summed E-state index contributed by atoms with van der Waals surface area (Å²) in [5, 5.41) is 5.81. The Balaban J connectivity index is 1.29. The summed E-state index contributed by atoms with van der Waals surface area (Å²) in [6.45, 7) is 3.51. The van der Waals surface area contributed by atoms with Gasteiger partial charge in [0, 0.05) is 41.5 Å². The zero-order valence-electron chi connectivity index (χ0n) is 18.1. The minimum Gasteiger partial charge on any atom is -0.378 e. The molecule has 0 spiro atoms. The van der Waals surface area contributed by atoms with Crippen LogP contribution in [0.2, 0.25) is 0 Å². The van der Waals surface area contributed by atoms with Gasteiger partial charge in [-0.15, -0.1) is 22.7 Å². The number of fused-ring (bicyclic) bond motifs is 3. The van der Waals surface area contributed by atoms with E-state index in [4.69, 9.17) is 4.74 Å². The van der Waals surface area contributed by atoms with Crippen LogP contribution in [0.15, 0.2) is 35.7 Å². The lowest BCUT2D eigenvalue weighted by Gasteiger charge is -2.26. The Morgan fingerprint density at radius 2 is 1.94 bits per heavy atom. The van der Waals surface area contributed by atoms with E-state index < -0.39 is 0 Å². The fraction of sp³-hybridized carbons (Fsp3) is 0.375. The molecule has 0 unspecified atom stereocenters. The Labute approximate surface area is 200 Å². The number of thiazole rings is 1. The van der Waals surface area contributed by atoms with E-state index in [0.717, 1.165) is 57.6 Å². The molecule has 3 aliphatic rings. The van der Waals surface area contributed by atoms with Gasteiger partial charge in [-0.05, 0) is 37.0 Å². The summed E-state index contributed by atoms with van der Waals surface area (Å²) in [5.41, 5.74) is 3.47. The van der Waals surface area contributed by atoms with Crippen LogP contribution in [-0.2, 0) is 11.2 Å². The van der Waals surface area contributed by atoms with Gasteiger partial charge in [0.2, 0.25) is 0 Å². The molecule has 4 heterocycles. The predicted molar refractivity (Wildman–Crippen MR) is 131 cm³/mol. The van der Waals surface area contributed by atoms with Crippen LogP contribution in [0.1, 0.15) is 38.6 Å². The number of ether oxygens (including phenoxy) is 1. The third-order valence-corrected chi connectivity index (χ3v) is 8.34. The van der Waals surface area contributed by atoms with Gasteiger partial charge in [-0.2, -0.15) is 0 Å². The summed E-state index contributed by atoms with van der Waals surface area (Å²) < 4.78 is 5.43. The van der Waals surface area contributed by atoms with E-state index in [9.17, 15) is 9.59 Å². The molecule has 2 fully saturated rings. The van der Waals surface area contributed by atoms with Crippen molar-refractivity contribution < 1.29 is 14.3 Å². The lowest BCUT2D eigenvalue weighted by molar-refractivity contribution is 0.0952. The summed E-state index contributed by atoms with van der Waals surface area (Å²) in [6, 6.07) is 10.3. The van der Waals surface area contributed by atoms with E-state index in [-0.39, 0.29) is 11.8 Å². The van der Waals surface area contributed by atoms with Crippen LogP contribution < -0.4 is 15.1 Å². The maximum Gasteiger partial charge on any atom is 0.277 e. The molecule has 1 saturated heterocycles. The first-order chi connectivity index (χ1) is 16.2. The van der Waals surface area contributed by atoms with Crippen molar-refractivity contribution in [3.8, 4) is 10.4 Å². The largest absolute Gasteiger partial charge is 0.378 e. The molecule has 3 aromatic rings. The second-order valence-corrected chi connectivity index (χ2v) is 10.4. The number of nitrogens with zero attached hydrogens (tertiary/aromatic N) is 3. The average molecular weight is 481 g/mol. The molecule has 9 heteroatoms. The SMILES string of the molecule is O=C(NC1CC1)c1cc2c(s1)-c1ccccc1N(C(=O)c1csc(N3CCOCC3)n1)CC2. The molecule has 0 radical (unpaired) electrons. The number of carbonyl (C=O) groups is 2. The van der Waals surface area contributed by atoms with Gasteiger partial charge in [0.1, 0.15) is 5.69 Å². The normalized spacial score (nSPS) is 17.8. The summed E-state index contributed by atoms with van der Waals surface area (Å²) >= 11 is 3.03. The van der Waals surface area contributed by atoms with E-state index in [0.29, 0.717) is 37.9 Å². The maximum absolute atomic E-state index is 13.6. The fourth-order valence-corrected chi connectivity index (χ4v) is 6.30. The molecule has 2 aromatic heterocycles. The standard InChI is InChI=1S/C24H24N4O3S2/c29-22(25-16-5-6-16)20-13-15-7-8-28(19-4-2-1-3-17(19)21(15)33-20)23(30)18-14-32-24(26-18)27-9-11-31-12-10-27/h1-4,13-14,16H,5-12H2,(H,25,29). The molecular formula is C24H24N4O3S2. The number of amides is 2. The van der Waals surface area contributed by atoms with Gasteiger partial charge < -0.3 is 19.9 Å². The molecular weight excluding hydrogens is 456 g/mol. The molecule has 170 valence electrons. The average Bonchev–Trinajstić information content (AvgIpc) is 3.39. The minimum absolute atomic E-state index is 0.0131. The van der Waals surface area contributed by atoms with Crippen molar-refractivity contribution in [1.29, 1.82) is 0 Å². The highest BCUT2D eigenvalue weighted by Gasteiger charge is 2.30. The fourth-order valence-electron chi connectivity index (χ4n) is 4.30. The van der Waals surface area contributed by atoms with Crippen LogP contribution in [0.3, 0.4) is 0 Å². The number of hydrogen-bond acceptors (Lipinski definition) is 7. The van der Waals surface area contributed by atoms with E-state index in [1.165, 1.54) is 22.7 Å². The van der Waals surface area contributed by atoms with Gasteiger partial charge >= 0.3 is 0 Å². The number of morpholine rings is 1. The number of hydrogen-bond donors (Lipinski definition) is 1. The summed E-state index contributed by atoms with van der Waals surface area (Å²) in [5.74, 6) is -0.0702. The molecule has 6 rings (SSSR count). The molecule has 1 saturated carbocycles. The lowest BCUT2D eigenvalue weighted by Crippen LogP contribution is -2.36. The molecule has 33 heavy (non-hydrogen) atoms. The Kier molecular flexibility index (Phi) is 5.40. The van der Waals surface area contributed by atoms with Crippen LogP contribution >= 0.6 is 22.7 Å². The Morgan fingerprint density at radius 3 is 2.76 bits per heavy atom. The van der Waals surface area contributed by atoms with Crippen molar-refractivity contribution >= 4 is 45.3 Å². The van der Waals surface area contributed by atoms with Gasteiger partial charge in [0.05, 0.1) is 23.8 Å². The van der Waals surface area contributed by atoms with Gasteiger partial charge in [-0.25, -0.2) is 4.98 Å². The van der Waals surface area contributed by atoms with Crippen molar-refractivity contribution in [2.45, 2.75) is 25.3 Å². The minimum atomic E-state index is -0.0833. The first kappa shape index (κ1) is 20.8. The number of benzene rings is 1. The highest BCUT2D eigenvalue weighted by atomic mass is 32.1. The van der Waals surface area contributed by atoms with Crippen LogP contribution in [0.25, 0.3) is 10.4 Å². The van der Waals surface area contributed by atoms with E-state index in [2.05, 4.69) is 15.2 Å². The second kappa shape index (κ2) is 8.55. The highest BCUT2D eigenvalue weighted by molar-refractivity contribution is 7.17. The third-order valence-electron chi connectivity index (χ3n) is 6.23. The zero-order chi connectivity index (χ0) is 22.4. The Morgan fingerprint density at radius 1 is 1.12 bits per heavy atom. The van der Waals surface area contributed by atoms with Gasteiger partial charge in [0.25, 0.3) is 11.8 Å². The summed E-state index contributed by atoms with van der Waals surface area (Å²) in [4.78, 5) is 36.7. The van der Waals surface area contributed by atoms with Crippen molar-refractivity contribution in [2.24, 2.45) is 0 Å². The van der Waals surface area contributed by atoms with Crippen molar-refractivity contribution in [3.05, 3.63) is 51.8 Å². The first-order valence-electron chi connectivity index (χ1n) is 11.3. The number of thiophene rings is 1. The number of carbonyl (C=O) groups excluding carboxylic acids is 2. The monoisotopic (exact) mass is 480 g/mol. The maximum atomic E-state index is 13.6.